The molecule has 28 heavy (non-hydrogen) atoms. The lowest BCUT2D eigenvalue weighted by atomic mass is 10.3. The summed E-state index contributed by atoms with van der Waals surface area (Å²) in [6.07, 6.45) is 3.22. The summed E-state index contributed by atoms with van der Waals surface area (Å²) in [5.41, 5.74) is 1.85. The van der Waals surface area contributed by atoms with Gasteiger partial charge in [-0.1, -0.05) is 49.5 Å². The van der Waals surface area contributed by atoms with Crippen molar-refractivity contribution in [3.8, 4) is 0 Å². The number of pyridine rings is 2. The van der Waals surface area contributed by atoms with Gasteiger partial charge in [-0.05, 0) is 37.1 Å². The van der Waals surface area contributed by atoms with Gasteiger partial charge >= 0.3 is 0 Å². The van der Waals surface area contributed by atoms with E-state index in [-0.39, 0.29) is 20.0 Å². The molecule has 0 fully saturated rings. The van der Waals surface area contributed by atoms with Crippen LogP contribution >= 0.6 is 23.5 Å². The van der Waals surface area contributed by atoms with E-state index in [1.807, 2.05) is 13.8 Å². The van der Waals surface area contributed by atoms with E-state index >= 15 is 0 Å². The van der Waals surface area contributed by atoms with Gasteiger partial charge in [0.05, 0.1) is 11.5 Å². The van der Waals surface area contributed by atoms with E-state index in [0.717, 1.165) is 34.7 Å². The number of rotatable bonds is 8. The molecule has 0 bridgehead atoms. The van der Waals surface area contributed by atoms with Crippen LogP contribution in [0.4, 0.5) is 0 Å². The average Bonchev–Trinajstić information content (AvgIpc) is 2.67. The molecular formula is C18H22N2O4S4. The largest absolute Gasteiger partial charge is 0.249 e. The van der Waals surface area contributed by atoms with Gasteiger partial charge < -0.3 is 0 Å². The van der Waals surface area contributed by atoms with E-state index in [4.69, 9.17) is 0 Å². The van der Waals surface area contributed by atoms with Crippen LogP contribution < -0.4 is 0 Å². The van der Waals surface area contributed by atoms with Crippen molar-refractivity contribution in [3.05, 3.63) is 56.3 Å². The Labute approximate surface area is 175 Å². The molecule has 0 unspecified atom stereocenters. The molecule has 152 valence electrons. The maximum Gasteiger partial charge on any atom is 0.186 e. The summed E-state index contributed by atoms with van der Waals surface area (Å²) in [4.78, 5) is 8.44. The third kappa shape index (κ3) is 5.82. The van der Waals surface area contributed by atoms with Gasteiger partial charge in [-0.25, -0.2) is 26.8 Å². The smallest absolute Gasteiger partial charge is 0.186 e. The average molecular weight is 459 g/mol. The minimum absolute atomic E-state index is 0.208. The molecule has 0 spiro atoms. The molecule has 2 aromatic heterocycles. The zero-order chi connectivity index (χ0) is 20.9. The van der Waals surface area contributed by atoms with E-state index in [9.17, 15) is 16.8 Å². The molecule has 0 radical (unpaired) electrons. The summed E-state index contributed by atoms with van der Waals surface area (Å²) in [7, 11) is -7.63. The lowest BCUT2D eigenvalue weighted by molar-refractivity contribution is 0.600. The zero-order valence-electron chi connectivity index (χ0n) is 16.0. The number of hydrogen-bond acceptors (Lipinski definition) is 8. The fourth-order valence-corrected chi connectivity index (χ4v) is 8.27. The topological polar surface area (TPSA) is 94.1 Å². The van der Waals surface area contributed by atoms with Crippen molar-refractivity contribution in [1.82, 2.24) is 9.97 Å². The molecule has 0 atom stereocenters. The second-order valence-corrected chi connectivity index (χ2v) is 12.9. The fraction of sp³-hybridized carbons (Fsp3) is 0.333. The van der Waals surface area contributed by atoms with Gasteiger partial charge in [-0.15, -0.1) is 0 Å². The number of thioether (sulfide) groups is 2. The molecule has 6 nitrogen and oxygen atoms in total. The van der Waals surface area contributed by atoms with Crippen LogP contribution in [0.25, 0.3) is 0 Å². The first kappa shape index (κ1) is 22.9. The van der Waals surface area contributed by atoms with E-state index in [1.165, 1.54) is 13.8 Å². The van der Waals surface area contributed by atoms with Crippen molar-refractivity contribution >= 4 is 43.2 Å². The summed E-state index contributed by atoms with van der Waals surface area (Å²) in [6.45, 7) is 6.71. The molecule has 2 rings (SSSR count). The third-order valence-electron chi connectivity index (χ3n) is 3.65. The highest BCUT2D eigenvalue weighted by atomic mass is 32.3. The maximum absolute atomic E-state index is 12.8. The van der Waals surface area contributed by atoms with Gasteiger partial charge in [0.15, 0.2) is 19.7 Å². The van der Waals surface area contributed by atoms with E-state index in [2.05, 4.69) is 9.97 Å². The molecule has 0 saturated heterocycles. The van der Waals surface area contributed by atoms with Crippen molar-refractivity contribution < 1.29 is 16.8 Å². The van der Waals surface area contributed by atoms with E-state index in [0.29, 0.717) is 10.1 Å². The van der Waals surface area contributed by atoms with Crippen LogP contribution in [-0.4, -0.2) is 38.3 Å². The van der Waals surface area contributed by atoms with Gasteiger partial charge in [-0.2, -0.15) is 0 Å². The number of nitrogens with zero attached hydrogens (tertiary/aromatic N) is 2. The lowest BCUT2D eigenvalue weighted by Crippen LogP contribution is -2.13. The van der Waals surface area contributed by atoms with Crippen molar-refractivity contribution in [2.24, 2.45) is 0 Å². The Balaban J connectivity index is 2.68. The SMILES string of the molecule is CCS(=O)(=O)/C(Sc1ccc(C)cn1)=C(\Sc1ccc(C)cn1)S(=O)(=O)CC. The number of hydrogen-bond donors (Lipinski definition) is 0. The molecular weight excluding hydrogens is 436 g/mol. The number of aromatic nitrogens is 2. The molecule has 2 heterocycles. The molecule has 0 aliphatic heterocycles. The maximum atomic E-state index is 12.8. The van der Waals surface area contributed by atoms with Crippen LogP contribution in [0.15, 0.2) is 55.2 Å². The van der Waals surface area contributed by atoms with Crippen molar-refractivity contribution in [2.75, 3.05) is 11.5 Å². The molecule has 0 aliphatic carbocycles. The molecule has 2 aromatic rings. The Kier molecular flexibility index (Phi) is 7.72. The van der Waals surface area contributed by atoms with Gasteiger partial charge in [0.1, 0.15) is 18.5 Å². The van der Waals surface area contributed by atoms with Crippen LogP contribution in [-0.2, 0) is 19.7 Å². The second-order valence-electron chi connectivity index (χ2n) is 5.93. The molecule has 10 heteroatoms. The van der Waals surface area contributed by atoms with Crippen molar-refractivity contribution in [2.45, 2.75) is 37.7 Å². The van der Waals surface area contributed by atoms with E-state index in [1.54, 1.807) is 36.7 Å². The normalized spacial score (nSPS) is 13.3. The Hall–Kier alpha value is -1.36. The minimum atomic E-state index is -3.81. The summed E-state index contributed by atoms with van der Waals surface area (Å²) >= 11 is 1.71. The van der Waals surface area contributed by atoms with Crippen LogP contribution in [0, 0.1) is 13.8 Å². The van der Waals surface area contributed by atoms with Gasteiger partial charge in [0, 0.05) is 12.4 Å². The lowest BCUT2D eigenvalue weighted by Gasteiger charge is -2.14. The summed E-state index contributed by atoms with van der Waals surface area (Å²) < 4.78 is 50.8. The van der Waals surface area contributed by atoms with Crippen LogP contribution in [0.1, 0.15) is 25.0 Å². The molecule has 0 amide bonds. The van der Waals surface area contributed by atoms with Gasteiger partial charge in [0.2, 0.25) is 0 Å². The quantitative estimate of drug-likeness (QED) is 0.549. The third-order valence-corrected chi connectivity index (χ3v) is 10.9. The summed E-state index contributed by atoms with van der Waals surface area (Å²) in [6, 6.07) is 6.95. The summed E-state index contributed by atoms with van der Waals surface area (Å²) in [5.74, 6) is -0.433. The van der Waals surface area contributed by atoms with E-state index < -0.39 is 19.7 Å². The van der Waals surface area contributed by atoms with Crippen molar-refractivity contribution in [1.29, 1.82) is 0 Å². The monoisotopic (exact) mass is 458 g/mol. The highest BCUT2D eigenvalue weighted by Crippen LogP contribution is 2.41. The van der Waals surface area contributed by atoms with Crippen LogP contribution in [0.2, 0.25) is 0 Å². The highest BCUT2D eigenvalue weighted by Gasteiger charge is 2.30. The Bertz CT molecular complexity index is 972. The Morgan fingerprint density at radius 3 is 1.36 bits per heavy atom. The Morgan fingerprint density at radius 1 is 0.750 bits per heavy atom. The predicted octanol–water partition coefficient (Wildman–Crippen LogP) is 3.97. The summed E-state index contributed by atoms with van der Waals surface area (Å²) in [5, 5.41) is 0.831. The first-order chi connectivity index (χ1) is 13.1. The minimum Gasteiger partial charge on any atom is -0.249 e. The second kappa shape index (κ2) is 9.43. The van der Waals surface area contributed by atoms with Crippen molar-refractivity contribution in [3.63, 3.8) is 0 Å². The number of aryl methyl sites for hydroxylation is 2. The van der Waals surface area contributed by atoms with Gasteiger partial charge in [0.25, 0.3) is 0 Å². The first-order valence-corrected chi connectivity index (χ1v) is 13.4. The molecule has 0 saturated carbocycles. The Morgan fingerprint density at radius 2 is 1.11 bits per heavy atom. The van der Waals surface area contributed by atoms with Crippen LogP contribution in [0.5, 0.6) is 0 Å². The zero-order valence-corrected chi connectivity index (χ0v) is 19.3. The van der Waals surface area contributed by atoms with Gasteiger partial charge in [-0.3, -0.25) is 0 Å². The molecule has 0 aromatic carbocycles. The standard InChI is InChI=1S/C18H22N2O4S4/c1-5-27(21,22)17(25-15-9-7-13(3)11-19-15)18(28(23,24)6-2)26-16-10-8-14(4)12-20-16/h7-12H,5-6H2,1-4H3/b18-17+. The highest BCUT2D eigenvalue weighted by molar-refractivity contribution is 8.24. The first-order valence-electron chi connectivity index (χ1n) is 8.50. The molecule has 0 N–H and O–H groups in total. The van der Waals surface area contributed by atoms with Crippen LogP contribution in [0.3, 0.4) is 0 Å². The number of sulfone groups is 2. The predicted molar refractivity (Wildman–Crippen MR) is 116 cm³/mol. The molecule has 0 aliphatic rings. The fourth-order valence-electron chi connectivity index (χ4n) is 1.95.